The van der Waals surface area contributed by atoms with Crippen molar-refractivity contribution >= 4 is 17.3 Å². The van der Waals surface area contributed by atoms with Gasteiger partial charge in [0.25, 0.3) is 0 Å². The van der Waals surface area contributed by atoms with E-state index in [2.05, 4.69) is 10.5 Å². The fourth-order valence-electron chi connectivity index (χ4n) is 2.39. The van der Waals surface area contributed by atoms with Crippen LogP contribution in [-0.4, -0.2) is 11.6 Å². The third kappa shape index (κ3) is 2.55. The second-order valence-electron chi connectivity index (χ2n) is 4.99. The van der Waals surface area contributed by atoms with Crippen LogP contribution in [0, 0.1) is 11.6 Å². The number of rotatable bonds is 2. The number of nitrogens with one attached hydrogen (secondary N) is 1. The first-order chi connectivity index (χ1) is 10.6. The molecule has 0 atom stereocenters. The fourth-order valence-corrected chi connectivity index (χ4v) is 2.39. The van der Waals surface area contributed by atoms with E-state index in [1.165, 1.54) is 0 Å². The van der Waals surface area contributed by atoms with Crippen LogP contribution in [0.5, 0.6) is 0 Å². The Balaban J connectivity index is 2.06. The van der Waals surface area contributed by atoms with Gasteiger partial charge in [0.2, 0.25) is 5.91 Å². The van der Waals surface area contributed by atoms with Crippen molar-refractivity contribution in [1.29, 1.82) is 0 Å². The van der Waals surface area contributed by atoms with E-state index >= 15 is 0 Å². The molecule has 3 N–H and O–H groups in total. The summed E-state index contributed by atoms with van der Waals surface area (Å²) < 4.78 is 28.7. The molecule has 1 heterocycles. The number of nitrogen functional groups attached to an aromatic ring is 1. The van der Waals surface area contributed by atoms with Crippen LogP contribution < -0.4 is 11.2 Å². The zero-order chi connectivity index (χ0) is 15.7. The van der Waals surface area contributed by atoms with Gasteiger partial charge in [0, 0.05) is 35.2 Å². The number of amides is 1. The van der Waals surface area contributed by atoms with Gasteiger partial charge in [0.15, 0.2) is 0 Å². The van der Waals surface area contributed by atoms with Gasteiger partial charge in [-0.25, -0.2) is 14.2 Å². The summed E-state index contributed by atoms with van der Waals surface area (Å²) in [6.45, 7) is 0. The first-order valence-corrected chi connectivity index (χ1v) is 6.76. The summed E-state index contributed by atoms with van der Waals surface area (Å²) in [5.74, 6) is -1.43. The van der Waals surface area contributed by atoms with E-state index in [9.17, 15) is 13.6 Å². The number of benzene rings is 2. The van der Waals surface area contributed by atoms with Crippen molar-refractivity contribution < 1.29 is 13.6 Å². The minimum Gasteiger partial charge on any atom is -0.398 e. The van der Waals surface area contributed by atoms with Crippen LogP contribution in [0.15, 0.2) is 41.5 Å². The zero-order valence-electron chi connectivity index (χ0n) is 11.6. The van der Waals surface area contributed by atoms with Crippen LogP contribution in [0.25, 0.3) is 11.1 Å². The lowest BCUT2D eigenvalue weighted by molar-refractivity contribution is -0.121. The number of nitrogens with zero attached hydrogens (tertiary/aromatic N) is 1. The Morgan fingerprint density at radius 1 is 1.00 bits per heavy atom. The molecule has 0 unspecified atom stereocenters. The van der Waals surface area contributed by atoms with Gasteiger partial charge < -0.3 is 5.73 Å². The minimum absolute atomic E-state index is 0.0516. The van der Waals surface area contributed by atoms with Crippen molar-refractivity contribution in [2.24, 2.45) is 5.10 Å². The predicted octanol–water partition coefficient (Wildman–Crippen LogP) is 2.83. The van der Waals surface area contributed by atoms with Crippen molar-refractivity contribution in [3.63, 3.8) is 0 Å². The van der Waals surface area contributed by atoms with E-state index in [0.717, 1.165) is 12.1 Å². The number of nitrogens with two attached hydrogens (primary N) is 1. The molecule has 4 nitrogen and oxygen atoms in total. The summed E-state index contributed by atoms with van der Waals surface area (Å²) in [6.07, 6.45) is 0.474. The fraction of sp³-hybridized carbons (Fsp3) is 0.125. The molecule has 22 heavy (non-hydrogen) atoms. The number of para-hydroxylation sites is 1. The maximum absolute atomic E-state index is 14.4. The molecule has 0 fully saturated rings. The number of carbonyl (C=O) groups is 1. The Bertz CT molecular complexity index is 787. The highest BCUT2D eigenvalue weighted by Crippen LogP contribution is 2.30. The zero-order valence-corrected chi connectivity index (χ0v) is 11.6. The Labute approximate surface area is 125 Å². The SMILES string of the molecule is Nc1ccccc1-c1cc(F)c(C2=NNC(=O)CC2)cc1F. The van der Waals surface area contributed by atoms with Gasteiger partial charge in [-0.2, -0.15) is 5.10 Å². The second-order valence-corrected chi connectivity index (χ2v) is 4.99. The van der Waals surface area contributed by atoms with E-state index in [1.807, 2.05) is 0 Å². The van der Waals surface area contributed by atoms with Gasteiger partial charge in [-0.05, 0) is 18.2 Å². The molecular weight excluding hydrogens is 288 g/mol. The maximum Gasteiger partial charge on any atom is 0.240 e. The molecule has 0 bridgehead atoms. The van der Waals surface area contributed by atoms with Gasteiger partial charge in [-0.3, -0.25) is 4.79 Å². The van der Waals surface area contributed by atoms with Gasteiger partial charge in [-0.1, -0.05) is 18.2 Å². The van der Waals surface area contributed by atoms with Crippen molar-refractivity contribution in [3.05, 3.63) is 53.6 Å². The third-order valence-electron chi connectivity index (χ3n) is 3.52. The lowest BCUT2D eigenvalue weighted by Gasteiger charge is -2.14. The molecule has 112 valence electrons. The first-order valence-electron chi connectivity index (χ1n) is 6.76. The second kappa shape index (κ2) is 5.55. The predicted molar refractivity (Wildman–Crippen MR) is 80.1 cm³/mol. The van der Waals surface area contributed by atoms with Crippen LogP contribution in [0.1, 0.15) is 18.4 Å². The topological polar surface area (TPSA) is 67.5 Å². The van der Waals surface area contributed by atoms with Crippen LogP contribution >= 0.6 is 0 Å². The van der Waals surface area contributed by atoms with Crippen molar-refractivity contribution in [2.75, 3.05) is 5.73 Å². The molecular formula is C16H13F2N3O. The summed E-state index contributed by atoms with van der Waals surface area (Å²) in [5.41, 5.74) is 9.36. The summed E-state index contributed by atoms with van der Waals surface area (Å²) in [4.78, 5) is 11.1. The monoisotopic (exact) mass is 301 g/mol. The Kier molecular flexibility index (Phi) is 3.58. The van der Waals surface area contributed by atoms with Crippen molar-refractivity contribution in [3.8, 4) is 11.1 Å². The molecule has 0 aliphatic carbocycles. The summed E-state index contributed by atoms with van der Waals surface area (Å²) >= 11 is 0. The number of hydrogen-bond donors (Lipinski definition) is 2. The highest BCUT2D eigenvalue weighted by Gasteiger charge is 2.20. The Hall–Kier alpha value is -2.76. The van der Waals surface area contributed by atoms with E-state index in [0.29, 0.717) is 17.0 Å². The molecule has 0 aromatic heterocycles. The number of halogens is 2. The quantitative estimate of drug-likeness (QED) is 0.838. The molecule has 0 spiro atoms. The molecule has 0 saturated heterocycles. The number of anilines is 1. The molecule has 2 aromatic carbocycles. The average Bonchev–Trinajstić information content (AvgIpc) is 2.51. The normalized spacial score (nSPS) is 14.5. The summed E-state index contributed by atoms with van der Waals surface area (Å²) in [7, 11) is 0. The summed E-state index contributed by atoms with van der Waals surface area (Å²) in [5, 5.41) is 3.79. The van der Waals surface area contributed by atoms with Gasteiger partial charge in [0.05, 0.1) is 5.71 Å². The van der Waals surface area contributed by atoms with Crippen LogP contribution in [0.3, 0.4) is 0 Å². The van der Waals surface area contributed by atoms with Crippen molar-refractivity contribution in [1.82, 2.24) is 5.43 Å². The number of hydrazone groups is 1. The van der Waals surface area contributed by atoms with E-state index in [-0.39, 0.29) is 29.9 Å². The molecule has 3 rings (SSSR count). The molecule has 0 saturated carbocycles. The van der Waals surface area contributed by atoms with Crippen LogP contribution in [0.4, 0.5) is 14.5 Å². The Morgan fingerprint density at radius 3 is 2.36 bits per heavy atom. The lowest BCUT2D eigenvalue weighted by Crippen LogP contribution is -2.26. The van der Waals surface area contributed by atoms with E-state index in [4.69, 9.17) is 5.73 Å². The number of carbonyl (C=O) groups excluding carboxylic acids is 1. The molecule has 1 aliphatic rings. The lowest BCUT2D eigenvalue weighted by atomic mass is 9.97. The largest absolute Gasteiger partial charge is 0.398 e. The molecule has 2 aromatic rings. The molecule has 1 aliphatic heterocycles. The first kappa shape index (κ1) is 14.2. The van der Waals surface area contributed by atoms with Gasteiger partial charge in [-0.15, -0.1) is 0 Å². The average molecular weight is 301 g/mol. The summed E-state index contributed by atoms with van der Waals surface area (Å²) in [6, 6.07) is 8.88. The standard InChI is InChI=1S/C16H13F2N3O/c17-12-8-11(15-5-6-16(22)21-20-15)13(18)7-10(12)9-3-1-2-4-14(9)19/h1-4,7-8H,5-6,19H2,(H,21,22). The smallest absolute Gasteiger partial charge is 0.240 e. The molecule has 0 radical (unpaired) electrons. The Morgan fingerprint density at radius 2 is 1.68 bits per heavy atom. The number of hydrogen-bond acceptors (Lipinski definition) is 3. The molecule has 1 amide bonds. The van der Waals surface area contributed by atoms with Crippen molar-refractivity contribution in [2.45, 2.75) is 12.8 Å². The molecule has 6 heteroatoms. The van der Waals surface area contributed by atoms with Gasteiger partial charge >= 0.3 is 0 Å². The van der Waals surface area contributed by atoms with E-state index in [1.54, 1.807) is 24.3 Å². The van der Waals surface area contributed by atoms with Gasteiger partial charge in [0.1, 0.15) is 11.6 Å². The van der Waals surface area contributed by atoms with Crippen LogP contribution in [-0.2, 0) is 4.79 Å². The minimum atomic E-state index is -0.602. The van der Waals surface area contributed by atoms with Crippen LogP contribution in [0.2, 0.25) is 0 Å². The maximum atomic E-state index is 14.4. The highest BCUT2D eigenvalue weighted by molar-refractivity contribution is 6.04. The third-order valence-corrected chi connectivity index (χ3v) is 3.52. The highest BCUT2D eigenvalue weighted by atomic mass is 19.1. The van der Waals surface area contributed by atoms with E-state index < -0.39 is 11.6 Å².